The number of ether oxygens (including phenoxy) is 1. The molecule has 0 fully saturated rings. The van der Waals surface area contributed by atoms with Gasteiger partial charge in [-0.2, -0.15) is 5.10 Å². The minimum Gasteiger partial charge on any atom is -0.488 e. The van der Waals surface area contributed by atoms with Crippen LogP contribution >= 0.6 is 0 Å². The van der Waals surface area contributed by atoms with Crippen LogP contribution in [0.3, 0.4) is 0 Å². The van der Waals surface area contributed by atoms with Crippen LogP contribution in [0.15, 0.2) is 97.6 Å². The van der Waals surface area contributed by atoms with Gasteiger partial charge >= 0.3 is 6.03 Å². The van der Waals surface area contributed by atoms with Crippen molar-refractivity contribution in [1.29, 1.82) is 0 Å². The molecule has 3 heterocycles. The predicted octanol–water partition coefficient (Wildman–Crippen LogP) is 8.09. The molecule has 232 valence electrons. The Kier molecular flexibility index (Phi) is 8.35. The Balaban J connectivity index is 1.20. The van der Waals surface area contributed by atoms with E-state index in [0.29, 0.717) is 35.5 Å². The summed E-state index contributed by atoms with van der Waals surface area (Å²) in [7, 11) is 0. The molecule has 3 N–H and O–H groups in total. The van der Waals surface area contributed by atoms with Crippen molar-refractivity contribution < 1.29 is 9.53 Å². The van der Waals surface area contributed by atoms with E-state index >= 15 is 0 Å². The normalized spacial score (nSPS) is 11.3. The van der Waals surface area contributed by atoms with Crippen molar-refractivity contribution in [3.63, 3.8) is 0 Å². The van der Waals surface area contributed by atoms with E-state index in [1.54, 1.807) is 29.5 Å². The first-order valence-corrected chi connectivity index (χ1v) is 15.0. The minimum absolute atomic E-state index is 0.200. The molecular weight excluding hydrogens is 576 g/mol. The van der Waals surface area contributed by atoms with Crippen molar-refractivity contribution in [2.24, 2.45) is 0 Å². The minimum atomic E-state index is -0.371. The molecule has 0 saturated carbocycles. The Morgan fingerprint density at radius 3 is 2.39 bits per heavy atom. The maximum Gasteiger partial charge on any atom is 0.324 e. The van der Waals surface area contributed by atoms with Crippen LogP contribution in [0, 0.1) is 13.8 Å². The van der Waals surface area contributed by atoms with E-state index < -0.39 is 0 Å². The topological polar surface area (TPSA) is 119 Å². The number of anilines is 4. The number of nitrogens with one attached hydrogen (secondary N) is 3. The van der Waals surface area contributed by atoms with Gasteiger partial charge in [-0.05, 0) is 66.9 Å². The lowest BCUT2D eigenvalue weighted by molar-refractivity contribution is 0.262. The zero-order chi connectivity index (χ0) is 32.3. The lowest BCUT2D eigenvalue weighted by Gasteiger charge is -2.15. The average molecular weight is 613 g/mol. The summed E-state index contributed by atoms with van der Waals surface area (Å²) >= 11 is 0. The number of fused-ring (bicyclic) bond motifs is 1. The standard InChI is InChI=1S/C36H36N8O2/c1-23-10-11-26(18-24(23)2)44-34(20-31(43-44)36(3,4)5)42-35(45)40-29-12-13-30(28-9-7-6-8-27(28)29)46-22-25-14-15-38-32(19-25)41-33-21-37-16-17-39-33/h6-21H,22H2,1-5H3,(H,38,39,41)(H2,40,42,45). The van der Waals surface area contributed by atoms with E-state index in [-0.39, 0.29) is 11.4 Å². The number of amides is 2. The number of pyridine rings is 1. The van der Waals surface area contributed by atoms with Crippen LogP contribution in [0.2, 0.25) is 0 Å². The van der Waals surface area contributed by atoms with Crippen LogP contribution < -0.4 is 20.7 Å². The molecule has 0 aliphatic heterocycles. The second-order valence-electron chi connectivity index (χ2n) is 12.1. The highest BCUT2D eigenvalue weighted by molar-refractivity contribution is 6.07. The van der Waals surface area contributed by atoms with E-state index in [9.17, 15) is 4.79 Å². The molecule has 10 nitrogen and oxygen atoms in total. The summed E-state index contributed by atoms with van der Waals surface area (Å²) in [6.07, 6.45) is 6.59. The second-order valence-corrected chi connectivity index (χ2v) is 12.1. The Morgan fingerprint density at radius 2 is 1.63 bits per heavy atom. The number of nitrogens with zero attached hydrogens (tertiary/aromatic N) is 5. The summed E-state index contributed by atoms with van der Waals surface area (Å²) in [6.45, 7) is 10.8. The molecule has 10 heteroatoms. The van der Waals surface area contributed by atoms with Crippen molar-refractivity contribution in [1.82, 2.24) is 24.7 Å². The van der Waals surface area contributed by atoms with E-state index in [0.717, 1.165) is 33.3 Å². The third kappa shape index (κ3) is 6.81. The quantitative estimate of drug-likeness (QED) is 0.159. The lowest BCUT2D eigenvalue weighted by Crippen LogP contribution is -2.21. The molecule has 0 radical (unpaired) electrons. The molecule has 2 amide bonds. The summed E-state index contributed by atoms with van der Waals surface area (Å²) in [5.74, 6) is 2.53. The highest BCUT2D eigenvalue weighted by Crippen LogP contribution is 2.33. The first-order valence-electron chi connectivity index (χ1n) is 15.0. The third-order valence-electron chi connectivity index (χ3n) is 7.62. The fourth-order valence-corrected chi connectivity index (χ4v) is 4.96. The van der Waals surface area contributed by atoms with Crippen LogP contribution in [-0.4, -0.2) is 30.8 Å². The highest BCUT2D eigenvalue weighted by Gasteiger charge is 2.22. The van der Waals surface area contributed by atoms with Gasteiger partial charge in [0.1, 0.15) is 29.8 Å². The molecule has 0 unspecified atom stereocenters. The first-order chi connectivity index (χ1) is 22.1. The fourth-order valence-electron chi connectivity index (χ4n) is 4.96. The Bertz CT molecular complexity index is 2010. The molecule has 0 bridgehead atoms. The van der Waals surface area contributed by atoms with Gasteiger partial charge in [0.2, 0.25) is 0 Å². The Labute approximate surface area is 267 Å². The molecule has 3 aromatic heterocycles. The zero-order valence-electron chi connectivity index (χ0n) is 26.5. The molecule has 6 rings (SSSR count). The molecule has 0 aliphatic rings. The molecule has 0 aliphatic carbocycles. The van der Waals surface area contributed by atoms with Gasteiger partial charge in [-0.25, -0.2) is 19.4 Å². The van der Waals surface area contributed by atoms with E-state index in [4.69, 9.17) is 9.84 Å². The summed E-state index contributed by atoms with van der Waals surface area (Å²) in [5, 5.41) is 15.8. The number of hydrogen-bond donors (Lipinski definition) is 3. The number of carbonyl (C=O) groups excluding carboxylic acids is 1. The van der Waals surface area contributed by atoms with Crippen LogP contribution in [0.5, 0.6) is 5.75 Å². The van der Waals surface area contributed by atoms with Gasteiger partial charge in [0.25, 0.3) is 0 Å². The predicted molar refractivity (Wildman–Crippen MR) is 182 cm³/mol. The van der Waals surface area contributed by atoms with Gasteiger partial charge in [-0.1, -0.05) is 51.1 Å². The summed E-state index contributed by atoms with van der Waals surface area (Å²) < 4.78 is 8.05. The van der Waals surface area contributed by atoms with Crippen molar-refractivity contribution in [3.8, 4) is 11.4 Å². The van der Waals surface area contributed by atoms with Crippen LogP contribution in [-0.2, 0) is 12.0 Å². The smallest absolute Gasteiger partial charge is 0.324 e. The number of urea groups is 1. The highest BCUT2D eigenvalue weighted by atomic mass is 16.5. The molecule has 0 spiro atoms. The first kappa shape index (κ1) is 30.3. The lowest BCUT2D eigenvalue weighted by atomic mass is 9.92. The zero-order valence-corrected chi connectivity index (χ0v) is 26.5. The molecule has 0 atom stereocenters. The summed E-state index contributed by atoms with van der Waals surface area (Å²) in [6, 6.07) is 23.1. The van der Waals surface area contributed by atoms with E-state index in [1.165, 1.54) is 5.56 Å². The molecule has 46 heavy (non-hydrogen) atoms. The summed E-state index contributed by atoms with van der Waals surface area (Å²) in [4.78, 5) is 26.1. The van der Waals surface area contributed by atoms with Crippen LogP contribution in [0.25, 0.3) is 16.5 Å². The Morgan fingerprint density at radius 1 is 0.826 bits per heavy atom. The maximum absolute atomic E-state index is 13.4. The second kappa shape index (κ2) is 12.7. The molecule has 3 aromatic carbocycles. The number of hydrogen-bond acceptors (Lipinski definition) is 7. The SMILES string of the molecule is Cc1ccc(-n2nc(C(C)(C)C)cc2NC(=O)Nc2ccc(OCc3ccnc(Nc4cnccn4)c3)c3ccccc23)cc1C. The average Bonchev–Trinajstić information content (AvgIpc) is 3.47. The van der Waals surface area contributed by atoms with Gasteiger partial charge in [-0.15, -0.1) is 0 Å². The molecule has 6 aromatic rings. The third-order valence-corrected chi connectivity index (χ3v) is 7.62. The molecule has 0 saturated heterocycles. The van der Waals surface area contributed by atoms with E-state index in [2.05, 4.69) is 77.7 Å². The van der Waals surface area contributed by atoms with Gasteiger partial charge in [0, 0.05) is 40.8 Å². The number of benzene rings is 3. The van der Waals surface area contributed by atoms with Crippen molar-refractivity contribution in [3.05, 3.63) is 120 Å². The Hall–Kier alpha value is -5.77. The number of aryl methyl sites for hydroxylation is 2. The number of carbonyl (C=O) groups is 1. The van der Waals surface area contributed by atoms with Crippen LogP contribution in [0.1, 0.15) is 43.2 Å². The summed E-state index contributed by atoms with van der Waals surface area (Å²) in [5.41, 5.74) is 5.49. The number of rotatable bonds is 8. The maximum atomic E-state index is 13.4. The van der Waals surface area contributed by atoms with Crippen molar-refractivity contribution in [2.45, 2.75) is 46.6 Å². The van der Waals surface area contributed by atoms with Crippen LogP contribution in [0.4, 0.5) is 27.9 Å². The largest absolute Gasteiger partial charge is 0.488 e. The fraction of sp³-hybridized carbons (Fsp3) is 0.194. The van der Waals surface area contributed by atoms with E-state index in [1.807, 2.05) is 60.7 Å². The van der Waals surface area contributed by atoms with Gasteiger partial charge in [0.05, 0.1) is 23.3 Å². The van der Waals surface area contributed by atoms with Gasteiger partial charge in [0.15, 0.2) is 0 Å². The van der Waals surface area contributed by atoms with Crippen molar-refractivity contribution in [2.75, 3.05) is 16.0 Å². The molecular formula is C36H36N8O2. The van der Waals surface area contributed by atoms with Crippen molar-refractivity contribution >= 4 is 39.9 Å². The van der Waals surface area contributed by atoms with Gasteiger partial charge in [-0.3, -0.25) is 10.3 Å². The number of aromatic nitrogens is 5. The van der Waals surface area contributed by atoms with Gasteiger partial charge < -0.3 is 15.4 Å². The monoisotopic (exact) mass is 612 g/mol.